The van der Waals surface area contributed by atoms with Crippen molar-refractivity contribution in [2.24, 2.45) is 0 Å². The fraction of sp³-hybridized carbons (Fsp3) is 0.231. The summed E-state index contributed by atoms with van der Waals surface area (Å²) in [6, 6.07) is 9.56. The Morgan fingerprint density at radius 3 is 2.57 bits per heavy atom. The highest BCUT2D eigenvalue weighted by molar-refractivity contribution is 6.09. The lowest BCUT2D eigenvalue weighted by Crippen LogP contribution is -2.31. The van der Waals surface area contributed by atoms with Crippen molar-refractivity contribution < 1.29 is 23.1 Å². The Balaban J connectivity index is 1.75. The second kappa shape index (κ2) is 9.17. The molecule has 178 valence electrons. The minimum absolute atomic E-state index is 0.0466. The third-order valence-electron chi connectivity index (χ3n) is 5.64. The molecule has 1 aliphatic heterocycles. The third-order valence-corrected chi connectivity index (χ3v) is 5.64. The van der Waals surface area contributed by atoms with Gasteiger partial charge in [-0.15, -0.1) is 0 Å². The van der Waals surface area contributed by atoms with E-state index in [0.717, 1.165) is 12.5 Å². The number of hydrogen-bond donors (Lipinski definition) is 0. The predicted molar refractivity (Wildman–Crippen MR) is 127 cm³/mol. The first-order chi connectivity index (χ1) is 17.0. The smallest absolute Gasteiger partial charge is 0.297 e. The summed E-state index contributed by atoms with van der Waals surface area (Å²) in [5, 5.41) is 0.0466. The zero-order valence-electron chi connectivity index (χ0n) is 19.2. The SMILES string of the molecule is CCCOc1ccc(C2c3c(oc4ccc(F)cc4c3=O)C(=O)N2c2ncccn2)cc1OCC. The molecule has 2 aromatic carbocycles. The lowest BCUT2D eigenvalue weighted by molar-refractivity contribution is 0.0969. The maximum absolute atomic E-state index is 14.0. The average Bonchev–Trinajstić information content (AvgIpc) is 3.17. The second-order valence-corrected chi connectivity index (χ2v) is 7.93. The van der Waals surface area contributed by atoms with Crippen molar-refractivity contribution >= 4 is 22.8 Å². The molecule has 4 aromatic rings. The number of fused-ring (bicyclic) bond motifs is 2. The van der Waals surface area contributed by atoms with E-state index in [1.807, 2.05) is 13.8 Å². The highest BCUT2D eigenvalue weighted by atomic mass is 19.1. The first kappa shape index (κ1) is 22.5. The van der Waals surface area contributed by atoms with Gasteiger partial charge in [-0.2, -0.15) is 0 Å². The Kier molecular flexibility index (Phi) is 5.90. The normalized spacial score (nSPS) is 14.9. The van der Waals surface area contributed by atoms with Crippen molar-refractivity contribution in [3.8, 4) is 11.5 Å². The molecule has 0 aliphatic carbocycles. The molecule has 1 aliphatic rings. The molecular weight excluding hydrogens is 453 g/mol. The number of carbonyl (C=O) groups excluding carboxylic acids is 1. The van der Waals surface area contributed by atoms with Crippen LogP contribution >= 0.6 is 0 Å². The number of benzene rings is 2. The largest absolute Gasteiger partial charge is 0.490 e. The van der Waals surface area contributed by atoms with Gasteiger partial charge in [0.2, 0.25) is 11.7 Å². The van der Waals surface area contributed by atoms with Gasteiger partial charge in [0.25, 0.3) is 5.91 Å². The van der Waals surface area contributed by atoms with Crippen LogP contribution in [0.5, 0.6) is 11.5 Å². The van der Waals surface area contributed by atoms with Gasteiger partial charge in [-0.3, -0.25) is 14.5 Å². The van der Waals surface area contributed by atoms with Crippen LogP contribution in [0.1, 0.15) is 48.0 Å². The molecule has 8 nitrogen and oxygen atoms in total. The van der Waals surface area contributed by atoms with Crippen molar-refractivity contribution in [2.45, 2.75) is 26.3 Å². The first-order valence-electron chi connectivity index (χ1n) is 11.3. The van der Waals surface area contributed by atoms with E-state index in [0.29, 0.717) is 30.3 Å². The first-order valence-corrected chi connectivity index (χ1v) is 11.3. The van der Waals surface area contributed by atoms with E-state index in [9.17, 15) is 14.0 Å². The Morgan fingerprint density at radius 2 is 1.83 bits per heavy atom. The lowest BCUT2D eigenvalue weighted by Gasteiger charge is -2.24. The Hall–Kier alpha value is -4.27. The van der Waals surface area contributed by atoms with Gasteiger partial charge < -0.3 is 13.9 Å². The molecule has 1 atom stereocenters. The van der Waals surface area contributed by atoms with Crippen molar-refractivity contribution in [1.82, 2.24) is 9.97 Å². The molecule has 1 amide bonds. The fourth-order valence-corrected chi connectivity index (χ4v) is 4.18. The molecule has 35 heavy (non-hydrogen) atoms. The van der Waals surface area contributed by atoms with Crippen LogP contribution in [0, 0.1) is 5.82 Å². The van der Waals surface area contributed by atoms with Crippen LogP contribution in [-0.4, -0.2) is 29.1 Å². The Labute approximate surface area is 199 Å². The molecule has 1 unspecified atom stereocenters. The molecule has 9 heteroatoms. The summed E-state index contributed by atoms with van der Waals surface area (Å²) in [6.07, 6.45) is 3.83. The van der Waals surface area contributed by atoms with Gasteiger partial charge in [0.15, 0.2) is 16.9 Å². The molecule has 0 saturated carbocycles. The zero-order valence-corrected chi connectivity index (χ0v) is 19.2. The van der Waals surface area contributed by atoms with E-state index in [-0.39, 0.29) is 28.2 Å². The number of rotatable bonds is 7. The number of ether oxygens (including phenoxy) is 2. The zero-order chi connectivity index (χ0) is 24.5. The van der Waals surface area contributed by atoms with Crippen molar-refractivity contribution in [1.29, 1.82) is 0 Å². The molecule has 0 N–H and O–H groups in total. The van der Waals surface area contributed by atoms with Gasteiger partial charge in [0.05, 0.1) is 30.2 Å². The molecular formula is C26H22FN3O5. The average molecular weight is 475 g/mol. The van der Waals surface area contributed by atoms with Crippen LogP contribution in [0.3, 0.4) is 0 Å². The van der Waals surface area contributed by atoms with Gasteiger partial charge in [-0.1, -0.05) is 13.0 Å². The molecule has 0 bridgehead atoms. The molecule has 0 fully saturated rings. The predicted octanol–water partition coefficient (Wildman–Crippen LogP) is 4.66. The summed E-state index contributed by atoms with van der Waals surface area (Å²) in [5.41, 5.74) is 0.281. The standard InChI is InChI=1S/C26H22FN3O5/c1-3-12-34-19-8-6-15(13-20(19)33-4-2)22-21-23(31)17-14-16(27)7-9-18(17)35-24(21)25(32)30(22)26-28-10-5-11-29-26/h5-11,13-14,22H,3-4,12H2,1-2H3. The van der Waals surface area contributed by atoms with Gasteiger partial charge in [0.1, 0.15) is 11.4 Å². The Morgan fingerprint density at radius 1 is 1.03 bits per heavy atom. The second-order valence-electron chi connectivity index (χ2n) is 7.93. The minimum Gasteiger partial charge on any atom is -0.490 e. The number of hydrogen-bond acceptors (Lipinski definition) is 7. The number of anilines is 1. The van der Waals surface area contributed by atoms with Crippen LogP contribution in [0.2, 0.25) is 0 Å². The highest BCUT2D eigenvalue weighted by Crippen LogP contribution is 2.42. The van der Waals surface area contributed by atoms with Crippen molar-refractivity contribution in [2.75, 3.05) is 18.1 Å². The van der Waals surface area contributed by atoms with Crippen LogP contribution in [0.4, 0.5) is 10.3 Å². The lowest BCUT2D eigenvalue weighted by atomic mass is 9.98. The molecule has 0 radical (unpaired) electrons. The highest BCUT2D eigenvalue weighted by Gasteiger charge is 2.45. The van der Waals surface area contributed by atoms with E-state index < -0.39 is 23.2 Å². The molecule has 2 aromatic heterocycles. The van der Waals surface area contributed by atoms with E-state index >= 15 is 0 Å². The van der Waals surface area contributed by atoms with E-state index in [1.165, 1.54) is 29.4 Å². The molecule has 0 saturated heterocycles. The van der Waals surface area contributed by atoms with E-state index in [4.69, 9.17) is 13.9 Å². The molecule has 3 heterocycles. The maximum Gasteiger partial charge on any atom is 0.297 e. The van der Waals surface area contributed by atoms with Crippen molar-refractivity contribution in [3.05, 3.63) is 87.8 Å². The number of nitrogens with zero attached hydrogens (tertiary/aromatic N) is 3. The summed E-state index contributed by atoms with van der Waals surface area (Å²) in [5.74, 6) is -0.140. The monoisotopic (exact) mass is 475 g/mol. The van der Waals surface area contributed by atoms with E-state index in [2.05, 4.69) is 9.97 Å². The number of carbonyl (C=O) groups is 1. The minimum atomic E-state index is -0.914. The van der Waals surface area contributed by atoms with Crippen LogP contribution in [0.25, 0.3) is 11.0 Å². The number of amides is 1. The van der Waals surface area contributed by atoms with Crippen molar-refractivity contribution in [3.63, 3.8) is 0 Å². The third kappa shape index (κ3) is 3.88. The fourth-order valence-electron chi connectivity index (χ4n) is 4.18. The maximum atomic E-state index is 14.0. The number of halogens is 1. The summed E-state index contributed by atoms with van der Waals surface area (Å²) in [4.78, 5) is 36.9. The Bertz CT molecular complexity index is 1470. The van der Waals surface area contributed by atoms with Crippen LogP contribution in [0.15, 0.2) is 64.1 Å². The summed E-state index contributed by atoms with van der Waals surface area (Å²) in [7, 11) is 0. The van der Waals surface area contributed by atoms with Gasteiger partial charge in [-0.25, -0.2) is 14.4 Å². The molecule has 0 spiro atoms. The van der Waals surface area contributed by atoms with Crippen LogP contribution in [-0.2, 0) is 0 Å². The molecule has 5 rings (SSSR count). The van der Waals surface area contributed by atoms with Gasteiger partial charge in [-0.05, 0) is 55.3 Å². The van der Waals surface area contributed by atoms with Gasteiger partial charge >= 0.3 is 0 Å². The summed E-state index contributed by atoms with van der Waals surface area (Å²) < 4.78 is 31.4. The van der Waals surface area contributed by atoms with Gasteiger partial charge in [0, 0.05) is 12.4 Å². The topological polar surface area (TPSA) is 94.8 Å². The van der Waals surface area contributed by atoms with E-state index in [1.54, 1.807) is 24.3 Å². The summed E-state index contributed by atoms with van der Waals surface area (Å²) in [6.45, 7) is 4.75. The van der Waals surface area contributed by atoms with Crippen LogP contribution < -0.4 is 19.8 Å². The number of aromatic nitrogens is 2. The quantitative estimate of drug-likeness (QED) is 0.384. The summed E-state index contributed by atoms with van der Waals surface area (Å²) >= 11 is 0.